The summed E-state index contributed by atoms with van der Waals surface area (Å²) in [5.74, 6) is -1.04. The van der Waals surface area contributed by atoms with Gasteiger partial charge in [-0.25, -0.2) is 9.78 Å². The molecule has 0 amide bonds. The second-order valence-electron chi connectivity index (χ2n) is 3.40. The van der Waals surface area contributed by atoms with Gasteiger partial charge in [0, 0.05) is 16.8 Å². The molecule has 0 radical (unpaired) electrons. The van der Waals surface area contributed by atoms with Crippen molar-refractivity contribution in [3.05, 3.63) is 47.2 Å². The fourth-order valence-corrected chi connectivity index (χ4v) is 1.68. The molecule has 0 saturated heterocycles. The summed E-state index contributed by atoms with van der Waals surface area (Å²) in [6.07, 6.45) is 1.39. The van der Waals surface area contributed by atoms with E-state index < -0.39 is 5.97 Å². The lowest BCUT2D eigenvalue weighted by Crippen LogP contribution is -1.99. The summed E-state index contributed by atoms with van der Waals surface area (Å²) in [6, 6.07) is 7.53. The molecule has 1 aromatic carbocycles. The Morgan fingerprint density at radius 2 is 2.00 bits per heavy atom. The van der Waals surface area contributed by atoms with Gasteiger partial charge in [-0.1, -0.05) is 11.6 Å². The zero-order valence-electron chi connectivity index (χ0n) is 8.59. The summed E-state index contributed by atoms with van der Waals surface area (Å²) in [5, 5.41) is 18.7. The van der Waals surface area contributed by atoms with Gasteiger partial charge in [0.05, 0.1) is 0 Å². The van der Waals surface area contributed by atoms with Crippen LogP contribution in [0.25, 0.3) is 11.1 Å². The Kier molecular flexibility index (Phi) is 2.97. The Labute approximate surface area is 102 Å². The molecule has 2 N–H and O–H groups in total. The number of carboxylic acid groups (broad SMARTS) is 1. The van der Waals surface area contributed by atoms with Crippen molar-refractivity contribution < 1.29 is 15.0 Å². The van der Waals surface area contributed by atoms with E-state index in [2.05, 4.69) is 4.98 Å². The molecule has 1 aromatic heterocycles. The lowest BCUT2D eigenvalue weighted by molar-refractivity contribution is 0.0690. The van der Waals surface area contributed by atoms with Crippen molar-refractivity contribution in [3.63, 3.8) is 0 Å². The standard InChI is InChI=1S/C12H8ClNO3/c13-10-2-1-8(15)6-9(10)7-3-4-14-11(5-7)12(16)17/h1-6,15H,(H,16,17). The van der Waals surface area contributed by atoms with Crippen LogP contribution in [0, 0.1) is 0 Å². The Morgan fingerprint density at radius 3 is 2.71 bits per heavy atom. The van der Waals surface area contributed by atoms with Gasteiger partial charge in [-0.05, 0) is 35.9 Å². The minimum Gasteiger partial charge on any atom is -0.508 e. The molecule has 0 fully saturated rings. The van der Waals surface area contributed by atoms with Crippen LogP contribution in [0.2, 0.25) is 5.02 Å². The molecule has 1 heterocycles. The van der Waals surface area contributed by atoms with Crippen molar-refractivity contribution in [2.45, 2.75) is 0 Å². The Balaban J connectivity index is 2.56. The van der Waals surface area contributed by atoms with E-state index in [0.717, 1.165) is 0 Å². The monoisotopic (exact) mass is 249 g/mol. The fraction of sp³-hybridized carbons (Fsp3) is 0. The van der Waals surface area contributed by atoms with Crippen molar-refractivity contribution in [1.82, 2.24) is 4.98 Å². The first kappa shape index (κ1) is 11.4. The number of aromatic hydroxyl groups is 1. The summed E-state index contributed by atoms with van der Waals surface area (Å²) in [5.41, 5.74) is 1.09. The molecule has 0 saturated carbocycles. The van der Waals surface area contributed by atoms with E-state index in [9.17, 15) is 9.90 Å². The molecule has 5 heteroatoms. The molecule has 0 aliphatic rings. The number of hydrogen-bond donors (Lipinski definition) is 2. The van der Waals surface area contributed by atoms with Crippen molar-refractivity contribution in [1.29, 1.82) is 0 Å². The number of carboxylic acids is 1. The maximum absolute atomic E-state index is 10.8. The van der Waals surface area contributed by atoms with Crippen LogP contribution in [0.1, 0.15) is 10.5 Å². The second kappa shape index (κ2) is 4.43. The van der Waals surface area contributed by atoms with E-state index in [1.807, 2.05) is 0 Å². The summed E-state index contributed by atoms with van der Waals surface area (Å²) in [7, 11) is 0. The van der Waals surface area contributed by atoms with Crippen LogP contribution in [0.4, 0.5) is 0 Å². The highest BCUT2D eigenvalue weighted by Gasteiger charge is 2.09. The van der Waals surface area contributed by atoms with E-state index in [4.69, 9.17) is 16.7 Å². The first-order chi connectivity index (χ1) is 8.08. The average Bonchev–Trinajstić information content (AvgIpc) is 2.32. The van der Waals surface area contributed by atoms with Crippen LogP contribution in [-0.4, -0.2) is 21.2 Å². The Bertz CT molecular complexity index is 584. The number of aromatic nitrogens is 1. The van der Waals surface area contributed by atoms with Crippen LogP contribution in [0.15, 0.2) is 36.5 Å². The SMILES string of the molecule is O=C(O)c1cc(-c2cc(O)ccc2Cl)ccn1. The number of carbonyl (C=O) groups is 1. The van der Waals surface area contributed by atoms with Crippen LogP contribution in [-0.2, 0) is 0 Å². The van der Waals surface area contributed by atoms with Gasteiger partial charge in [-0.2, -0.15) is 0 Å². The van der Waals surface area contributed by atoms with Gasteiger partial charge in [-0.3, -0.25) is 0 Å². The third-order valence-electron chi connectivity index (χ3n) is 2.24. The maximum atomic E-state index is 10.8. The number of pyridine rings is 1. The van der Waals surface area contributed by atoms with Crippen molar-refractivity contribution in [2.75, 3.05) is 0 Å². The number of halogens is 1. The van der Waals surface area contributed by atoms with Gasteiger partial charge in [0.25, 0.3) is 0 Å². The van der Waals surface area contributed by atoms with Crippen LogP contribution in [0.5, 0.6) is 5.75 Å². The molecule has 0 unspecified atom stereocenters. The van der Waals surface area contributed by atoms with Gasteiger partial charge >= 0.3 is 5.97 Å². The van der Waals surface area contributed by atoms with E-state index in [0.29, 0.717) is 16.1 Å². The Morgan fingerprint density at radius 1 is 1.24 bits per heavy atom. The number of phenols is 1. The van der Waals surface area contributed by atoms with Gasteiger partial charge in [0.15, 0.2) is 0 Å². The Hall–Kier alpha value is -2.07. The molecule has 0 spiro atoms. The van der Waals surface area contributed by atoms with Crippen LogP contribution in [0.3, 0.4) is 0 Å². The van der Waals surface area contributed by atoms with Crippen molar-refractivity contribution in [3.8, 4) is 16.9 Å². The molecule has 0 atom stereocenters. The molecule has 86 valence electrons. The number of hydrogen-bond acceptors (Lipinski definition) is 3. The smallest absolute Gasteiger partial charge is 0.354 e. The number of benzene rings is 1. The van der Waals surface area contributed by atoms with Gasteiger partial charge in [0.2, 0.25) is 0 Å². The maximum Gasteiger partial charge on any atom is 0.354 e. The topological polar surface area (TPSA) is 70.4 Å². The summed E-state index contributed by atoms with van der Waals surface area (Å²) >= 11 is 5.98. The van der Waals surface area contributed by atoms with Crippen molar-refractivity contribution in [2.24, 2.45) is 0 Å². The summed E-state index contributed by atoms with van der Waals surface area (Å²) in [4.78, 5) is 14.5. The normalized spacial score (nSPS) is 10.2. The highest BCUT2D eigenvalue weighted by molar-refractivity contribution is 6.33. The molecule has 0 bridgehead atoms. The molecule has 2 rings (SSSR count). The molecule has 0 aliphatic heterocycles. The molecule has 0 aliphatic carbocycles. The molecule has 17 heavy (non-hydrogen) atoms. The van der Waals surface area contributed by atoms with E-state index in [-0.39, 0.29) is 11.4 Å². The highest BCUT2D eigenvalue weighted by Crippen LogP contribution is 2.30. The molecular weight excluding hydrogens is 242 g/mol. The van der Waals surface area contributed by atoms with Crippen LogP contribution < -0.4 is 0 Å². The molecular formula is C12H8ClNO3. The van der Waals surface area contributed by atoms with Gasteiger partial charge in [0.1, 0.15) is 11.4 Å². The zero-order valence-corrected chi connectivity index (χ0v) is 9.35. The minimum absolute atomic E-state index is 0.0677. The zero-order chi connectivity index (χ0) is 12.4. The third kappa shape index (κ3) is 2.37. The predicted molar refractivity (Wildman–Crippen MR) is 63.3 cm³/mol. The third-order valence-corrected chi connectivity index (χ3v) is 2.57. The second-order valence-corrected chi connectivity index (χ2v) is 3.81. The number of rotatable bonds is 2. The minimum atomic E-state index is -1.11. The van der Waals surface area contributed by atoms with E-state index in [1.165, 1.54) is 24.4 Å². The van der Waals surface area contributed by atoms with E-state index >= 15 is 0 Å². The van der Waals surface area contributed by atoms with Gasteiger partial charge < -0.3 is 10.2 Å². The number of phenolic OH excluding ortho intramolecular Hbond substituents is 1. The fourth-order valence-electron chi connectivity index (χ4n) is 1.45. The van der Waals surface area contributed by atoms with Crippen molar-refractivity contribution >= 4 is 17.6 Å². The summed E-state index contributed by atoms with van der Waals surface area (Å²) in [6.45, 7) is 0. The van der Waals surface area contributed by atoms with Crippen LogP contribution >= 0.6 is 11.6 Å². The van der Waals surface area contributed by atoms with E-state index in [1.54, 1.807) is 12.1 Å². The lowest BCUT2D eigenvalue weighted by Gasteiger charge is -2.05. The first-order valence-corrected chi connectivity index (χ1v) is 5.14. The van der Waals surface area contributed by atoms with Gasteiger partial charge in [-0.15, -0.1) is 0 Å². The molecule has 4 nitrogen and oxygen atoms in total. The quantitative estimate of drug-likeness (QED) is 0.859. The largest absolute Gasteiger partial charge is 0.508 e. The summed E-state index contributed by atoms with van der Waals surface area (Å²) < 4.78 is 0. The first-order valence-electron chi connectivity index (χ1n) is 4.76. The predicted octanol–water partition coefficient (Wildman–Crippen LogP) is 2.81. The number of aromatic carboxylic acids is 1. The molecule has 2 aromatic rings. The highest BCUT2D eigenvalue weighted by atomic mass is 35.5. The lowest BCUT2D eigenvalue weighted by atomic mass is 10.1. The number of nitrogens with zero attached hydrogens (tertiary/aromatic N) is 1. The average molecular weight is 250 g/mol.